The molecule has 0 saturated carbocycles. The van der Waals surface area contributed by atoms with Crippen LogP contribution < -0.4 is 14.8 Å². The molecule has 0 aliphatic rings. The van der Waals surface area contributed by atoms with E-state index in [0.29, 0.717) is 30.2 Å². The summed E-state index contributed by atoms with van der Waals surface area (Å²) in [6.07, 6.45) is 1.54. The van der Waals surface area contributed by atoms with E-state index in [0.717, 1.165) is 0 Å². The Morgan fingerprint density at radius 1 is 0.846 bits per heavy atom. The van der Waals surface area contributed by atoms with Crippen molar-refractivity contribution in [1.29, 1.82) is 0 Å². The van der Waals surface area contributed by atoms with E-state index in [2.05, 4.69) is 5.32 Å². The highest BCUT2D eigenvalue weighted by atomic mass is 16.6. The molecule has 220 valence electrons. The van der Waals surface area contributed by atoms with Crippen LogP contribution in [0.5, 0.6) is 11.5 Å². The summed E-state index contributed by atoms with van der Waals surface area (Å²) >= 11 is 0. The number of benzene rings is 1. The first-order valence-electron chi connectivity index (χ1n) is 13.8. The number of carboxylic acids is 1. The number of carboxylic acid groups (broad SMARTS) is 1. The van der Waals surface area contributed by atoms with Crippen LogP contribution >= 0.6 is 0 Å². The molecule has 0 fully saturated rings. The Labute approximate surface area is 233 Å². The van der Waals surface area contributed by atoms with Crippen LogP contribution in [0.15, 0.2) is 18.2 Å². The number of rotatable bonds is 16. The molecule has 0 aliphatic heterocycles. The first-order valence-corrected chi connectivity index (χ1v) is 13.8. The maximum absolute atomic E-state index is 12.5. The van der Waals surface area contributed by atoms with Gasteiger partial charge in [0.15, 0.2) is 11.5 Å². The van der Waals surface area contributed by atoms with Crippen molar-refractivity contribution in [3.63, 3.8) is 0 Å². The molecule has 1 aromatic rings. The Bertz CT molecular complexity index is 964. The zero-order valence-corrected chi connectivity index (χ0v) is 24.8. The molecule has 1 rings (SSSR count). The van der Waals surface area contributed by atoms with Crippen LogP contribution in [-0.4, -0.2) is 47.7 Å². The lowest BCUT2D eigenvalue weighted by Gasteiger charge is -2.21. The maximum atomic E-state index is 12.5. The van der Waals surface area contributed by atoms with Gasteiger partial charge in [-0.1, -0.05) is 54.5 Å². The summed E-state index contributed by atoms with van der Waals surface area (Å²) in [5, 5.41) is 12.7. The summed E-state index contributed by atoms with van der Waals surface area (Å²) in [4.78, 5) is 48.8. The predicted molar refractivity (Wildman–Crippen MR) is 149 cm³/mol. The Hall–Kier alpha value is -2.94. The fourth-order valence-corrected chi connectivity index (χ4v) is 3.54. The van der Waals surface area contributed by atoms with Crippen LogP contribution in [0, 0.1) is 17.3 Å². The van der Waals surface area contributed by atoms with Crippen LogP contribution in [0.2, 0.25) is 0 Å². The molecule has 0 amide bonds. The van der Waals surface area contributed by atoms with Gasteiger partial charge in [-0.05, 0) is 61.1 Å². The van der Waals surface area contributed by atoms with Crippen LogP contribution in [0.4, 0.5) is 0 Å². The van der Waals surface area contributed by atoms with Gasteiger partial charge in [-0.25, -0.2) is 0 Å². The van der Waals surface area contributed by atoms with E-state index in [-0.39, 0.29) is 55.1 Å². The van der Waals surface area contributed by atoms with Gasteiger partial charge < -0.3 is 24.6 Å². The van der Waals surface area contributed by atoms with Gasteiger partial charge >= 0.3 is 23.9 Å². The summed E-state index contributed by atoms with van der Waals surface area (Å²) in [6, 6.07) is 3.70. The summed E-state index contributed by atoms with van der Waals surface area (Å²) in [5.74, 6) is -1.48. The molecular weight excluding hydrogens is 502 g/mol. The van der Waals surface area contributed by atoms with Crippen LogP contribution in [0.25, 0.3) is 0 Å². The molecule has 39 heavy (non-hydrogen) atoms. The van der Waals surface area contributed by atoms with Crippen LogP contribution in [-0.2, 0) is 30.3 Å². The lowest BCUT2D eigenvalue weighted by molar-refractivity contribution is -0.150. The lowest BCUT2D eigenvalue weighted by Crippen LogP contribution is -2.42. The Morgan fingerprint density at radius 2 is 1.38 bits per heavy atom. The molecule has 0 bridgehead atoms. The fourth-order valence-electron chi connectivity index (χ4n) is 3.54. The smallest absolute Gasteiger partial charge is 0.321 e. The number of nitrogens with one attached hydrogen (secondary N) is 1. The second-order valence-corrected chi connectivity index (χ2v) is 12.1. The third-order valence-electron chi connectivity index (χ3n) is 5.70. The Balaban J connectivity index is 2.98. The van der Waals surface area contributed by atoms with Gasteiger partial charge in [0, 0.05) is 19.4 Å². The summed E-state index contributed by atoms with van der Waals surface area (Å²) in [5.41, 5.74) is 0.361. The van der Waals surface area contributed by atoms with Gasteiger partial charge in [-0.3, -0.25) is 19.2 Å². The highest BCUT2D eigenvalue weighted by Gasteiger charge is 2.23. The number of esters is 3. The van der Waals surface area contributed by atoms with Gasteiger partial charge in [0.05, 0.1) is 6.42 Å². The standard InChI is InChI=1S/C30H47NO8/c1-19(2)9-13-26(32)38-24-12-11-22(16-25(24)39-27(33)14-10-20(3)4)15-23(29(35)36)31-18-21(5)37-28(34)17-30(6,7)8/h11-12,16,19-21,23,31H,9-10,13-15,17-18H2,1-8H3,(H,35,36)/t21?,23-/m0/s1. The maximum Gasteiger partial charge on any atom is 0.321 e. The minimum atomic E-state index is -1.08. The zero-order chi connectivity index (χ0) is 29.8. The third kappa shape index (κ3) is 15.3. The van der Waals surface area contributed by atoms with Gasteiger partial charge in [0.1, 0.15) is 12.1 Å². The minimum Gasteiger partial charge on any atom is -0.480 e. The van der Waals surface area contributed by atoms with E-state index < -0.39 is 30.1 Å². The normalized spacial score (nSPS) is 13.2. The molecule has 0 aromatic heterocycles. The van der Waals surface area contributed by atoms with E-state index in [9.17, 15) is 24.3 Å². The molecule has 1 unspecified atom stereocenters. The third-order valence-corrected chi connectivity index (χ3v) is 5.70. The Morgan fingerprint density at radius 3 is 1.87 bits per heavy atom. The van der Waals surface area contributed by atoms with Crippen molar-refractivity contribution < 1.29 is 38.5 Å². The van der Waals surface area contributed by atoms with E-state index in [1.165, 1.54) is 12.1 Å². The summed E-state index contributed by atoms with van der Waals surface area (Å²) in [7, 11) is 0. The zero-order valence-electron chi connectivity index (χ0n) is 24.8. The average Bonchev–Trinajstić information content (AvgIpc) is 2.79. The van der Waals surface area contributed by atoms with Gasteiger partial charge in [-0.2, -0.15) is 0 Å². The summed E-state index contributed by atoms with van der Waals surface area (Å²) < 4.78 is 16.4. The van der Waals surface area contributed by atoms with Crippen molar-refractivity contribution in [3.8, 4) is 11.5 Å². The number of aliphatic carboxylic acids is 1. The van der Waals surface area contributed by atoms with E-state index in [4.69, 9.17) is 14.2 Å². The topological polar surface area (TPSA) is 128 Å². The largest absolute Gasteiger partial charge is 0.480 e. The first-order chi connectivity index (χ1) is 18.1. The average molecular weight is 550 g/mol. The first kappa shape index (κ1) is 34.1. The molecule has 0 heterocycles. The molecule has 0 radical (unpaired) electrons. The number of ether oxygens (including phenoxy) is 3. The second-order valence-electron chi connectivity index (χ2n) is 12.1. The molecule has 9 nitrogen and oxygen atoms in total. The molecule has 2 N–H and O–H groups in total. The van der Waals surface area contributed by atoms with E-state index in [1.807, 2.05) is 48.5 Å². The Kier molecular flexibility index (Phi) is 14.2. The molecule has 9 heteroatoms. The molecule has 0 spiro atoms. The van der Waals surface area contributed by atoms with E-state index >= 15 is 0 Å². The highest BCUT2D eigenvalue weighted by Crippen LogP contribution is 2.30. The second kappa shape index (κ2) is 16.2. The molecule has 0 saturated heterocycles. The molecular formula is C30H47NO8. The van der Waals surface area contributed by atoms with Gasteiger partial charge in [0.25, 0.3) is 0 Å². The molecule has 1 aromatic carbocycles. The van der Waals surface area contributed by atoms with Crippen molar-refractivity contribution in [2.75, 3.05) is 6.54 Å². The lowest BCUT2D eigenvalue weighted by atomic mass is 9.92. The number of carbonyl (C=O) groups is 4. The monoisotopic (exact) mass is 549 g/mol. The van der Waals surface area contributed by atoms with E-state index in [1.54, 1.807) is 13.0 Å². The van der Waals surface area contributed by atoms with Gasteiger partial charge in [0.2, 0.25) is 0 Å². The fraction of sp³-hybridized carbons (Fsp3) is 0.667. The predicted octanol–water partition coefficient (Wildman–Crippen LogP) is 5.32. The van der Waals surface area contributed by atoms with Gasteiger partial charge in [-0.15, -0.1) is 0 Å². The summed E-state index contributed by atoms with van der Waals surface area (Å²) in [6.45, 7) is 15.7. The molecule has 2 atom stereocenters. The minimum absolute atomic E-state index is 0.0656. The van der Waals surface area contributed by atoms with Crippen molar-refractivity contribution in [3.05, 3.63) is 23.8 Å². The SMILES string of the molecule is CC(C)CCC(=O)Oc1ccc(C[C@H](NCC(C)OC(=O)CC(C)(C)C)C(=O)O)cc1OC(=O)CCC(C)C. The van der Waals surface area contributed by atoms with Crippen molar-refractivity contribution in [2.45, 2.75) is 106 Å². The van der Waals surface area contributed by atoms with Crippen molar-refractivity contribution in [1.82, 2.24) is 5.32 Å². The van der Waals surface area contributed by atoms with Crippen molar-refractivity contribution >= 4 is 23.9 Å². The number of hydrogen-bond donors (Lipinski definition) is 2. The van der Waals surface area contributed by atoms with Crippen LogP contribution in [0.1, 0.15) is 93.1 Å². The van der Waals surface area contributed by atoms with Crippen molar-refractivity contribution in [2.24, 2.45) is 17.3 Å². The van der Waals surface area contributed by atoms with Crippen LogP contribution in [0.3, 0.4) is 0 Å². The molecule has 0 aliphatic carbocycles. The number of carbonyl (C=O) groups excluding carboxylic acids is 3. The highest BCUT2D eigenvalue weighted by molar-refractivity contribution is 5.77. The number of hydrogen-bond acceptors (Lipinski definition) is 8. The quantitative estimate of drug-likeness (QED) is 0.208.